The van der Waals surface area contributed by atoms with Crippen LogP contribution in [0.2, 0.25) is 0 Å². The van der Waals surface area contributed by atoms with Gasteiger partial charge in [-0.1, -0.05) is 18.2 Å². The van der Waals surface area contributed by atoms with Gasteiger partial charge in [-0.05, 0) is 37.5 Å². The van der Waals surface area contributed by atoms with Gasteiger partial charge in [0.25, 0.3) is 5.91 Å². The number of para-hydroxylation sites is 1. The van der Waals surface area contributed by atoms with Gasteiger partial charge in [0.1, 0.15) is 11.3 Å². The summed E-state index contributed by atoms with van der Waals surface area (Å²) < 4.78 is 7.71. The van der Waals surface area contributed by atoms with Gasteiger partial charge in [0.05, 0.1) is 11.7 Å². The number of likely N-dealkylation sites (tertiary alicyclic amines) is 1. The van der Waals surface area contributed by atoms with Gasteiger partial charge in [-0.25, -0.2) is 0 Å². The number of benzene rings is 1. The summed E-state index contributed by atoms with van der Waals surface area (Å²) in [7, 11) is 1.92. The Bertz CT molecular complexity index is 916. The second-order valence-electron chi connectivity index (χ2n) is 6.60. The number of pyridine rings is 1. The molecule has 1 aromatic carbocycles. The first-order chi connectivity index (χ1) is 12.7. The van der Waals surface area contributed by atoms with Crippen molar-refractivity contribution in [1.82, 2.24) is 19.7 Å². The molecule has 0 bridgehead atoms. The molecule has 6 nitrogen and oxygen atoms in total. The Labute approximate surface area is 152 Å². The molecule has 1 aliphatic heterocycles. The number of rotatable bonds is 4. The average Bonchev–Trinajstić information content (AvgIpc) is 3.12. The zero-order chi connectivity index (χ0) is 17.9. The first kappa shape index (κ1) is 16.6. The molecule has 6 heteroatoms. The Hall–Kier alpha value is -2.89. The lowest BCUT2D eigenvalue weighted by Gasteiger charge is -2.35. The molecule has 4 rings (SSSR count). The molecule has 2 aromatic heterocycles. The van der Waals surface area contributed by atoms with Crippen molar-refractivity contribution in [2.45, 2.75) is 25.3 Å². The molecular formula is C20H22N4O2. The fourth-order valence-electron chi connectivity index (χ4n) is 3.66. The molecule has 0 aliphatic carbocycles. The van der Waals surface area contributed by atoms with Crippen LogP contribution in [0.5, 0.6) is 5.75 Å². The first-order valence-electron chi connectivity index (χ1n) is 8.98. The molecule has 1 atom stereocenters. The highest BCUT2D eigenvalue weighted by Crippen LogP contribution is 2.31. The van der Waals surface area contributed by atoms with Crippen LogP contribution in [0.15, 0.2) is 48.8 Å². The number of fused-ring (bicyclic) bond motifs is 1. The topological polar surface area (TPSA) is 60.2 Å². The van der Waals surface area contributed by atoms with E-state index >= 15 is 0 Å². The van der Waals surface area contributed by atoms with Crippen molar-refractivity contribution in [2.24, 2.45) is 7.05 Å². The normalized spacial score (nSPS) is 17.4. The zero-order valence-electron chi connectivity index (χ0n) is 14.8. The van der Waals surface area contributed by atoms with Crippen molar-refractivity contribution >= 4 is 16.8 Å². The van der Waals surface area contributed by atoms with E-state index in [4.69, 9.17) is 4.74 Å². The molecule has 1 fully saturated rings. The van der Waals surface area contributed by atoms with Crippen LogP contribution in [0.3, 0.4) is 0 Å². The summed E-state index contributed by atoms with van der Waals surface area (Å²) in [5.74, 6) is 0.648. The molecule has 0 N–H and O–H groups in total. The number of aromatic nitrogens is 3. The van der Waals surface area contributed by atoms with E-state index in [2.05, 4.69) is 10.1 Å². The molecule has 3 heterocycles. The fourth-order valence-corrected chi connectivity index (χ4v) is 3.66. The van der Waals surface area contributed by atoms with E-state index in [0.717, 1.165) is 42.4 Å². The van der Waals surface area contributed by atoms with Crippen LogP contribution >= 0.6 is 0 Å². The minimum atomic E-state index is 0.00355. The van der Waals surface area contributed by atoms with Gasteiger partial charge in [0, 0.05) is 31.4 Å². The Morgan fingerprint density at radius 1 is 1.19 bits per heavy atom. The lowest BCUT2D eigenvalue weighted by Crippen LogP contribution is -2.41. The van der Waals surface area contributed by atoms with Gasteiger partial charge in [-0.3, -0.25) is 14.5 Å². The summed E-state index contributed by atoms with van der Waals surface area (Å²) in [5, 5.41) is 5.26. The first-order valence-corrected chi connectivity index (χ1v) is 8.98. The van der Waals surface area contributed by atoms with Crippen molar-refractivity contribution in [3.63, 3.8) is 0 Å². The number of carbonyl (C=O) groups excluding carboxylic acids is 1. The summed E-state index contributed by atoms with van der Waals surface area (Å²) in [6.07, 6.45) is 6.62. The largest absolute Gasteiger partial charge is 0.481 e. The molecule has 134 valence electrons. The lowest BCUT2D eigenvalue weighted by molar-refractivity contribution is -0.137. The van der Waals surface area contributed by atoms with E-state index in [0.29, 0.717) is 5.75 Å². The third kappa shape index (κ3) is 3.14. The predicted molar refractivity (Wildman–Crippen MR) is 98.8 cm³/mol. The number of carbonyl (C=O) groups is 1. The van der Waals surface area contributed by atoms with Gasteiger partial charge >= 0.3 is 0 Å². The fraction of sp³-hybridized carbons (Fsp3) is 0.350. The molecule has 1 saturated heterocycles. The minimum absolute atomic E-state index is 0.00355. The molecule has 0 saturated carbocycles. The minimum Gasteiger partial charge on any atom is -0.481 e. The molecule has 26 heavy (non-hydrogen) atoms. The molecule has 1 aliphatic rings. The molecule has 0 radical (unpaired) electrons. The maximum Gasteiger partial charge on any atom is 0.261 e. The van der Waals surface area contributed by atoms with Crippen LogP contribution in [-0.4, -0.2) is 38.7 Å². The van der Waals surface area contributed by atoms with Crippen molar-refractivity contribution in [3.05, 3.63) is 54.5 Å². The van der Waals surface area contributed by atoms with Crippen molar-refractivity contribution in [1.29, 1.82) is 0 Å². The highest BCUT2D eigenvalue weighted by molar-refractivity contribution is 5.85. The maximum atomic E-state index is 12.9. The third-order valence-corrected chi connectivity index (χ3v) is 4.97. The van der Waals surface area contributed by atoms with Gasteiger partial charge in [-0.2, -0.15) is 5.10 Å². The Kier molecular flexibility index (Phi) is 4.56. The van der Waals surface area contributed by atoms with E-state index in [1.807, 2.05) is 53.0 Å². The Morgan fingerprint density at radius 2 is 2.08 bits per heavy atom. The quantitative estimate of drug-likeness (QED) is 0.725. The van der Waals surface area contributed by atoms with E-state index < -0.39 is 0 Å². The summed E-state index contributed by atoms with van der Waals surface area (Å²) in [4.78, 5) is 19.2. The Morgan fingerprint density at radius 3 is 2.92 bits per heavy atom. The third-order valence-electron chi connectivity index (χ3n) is 4.97. The summed E-state index contributed by atoms with van der Waals surface area (Å²) in [6, 6.07) is 11.7. The van der Waals surface area contributed by atoms with E-state index in [1.165, 1.54) is 0 Å². The second-order valence-corrected chi connectivity index (χ2v) is 6.60. The standard InChI is InChI=1S/C20H22N4O2/c1-23-16(10-12-22-23)17-8-2-3-13-24(17)19(25)14-26-18-9-4-6-15-7-5-11-21-20(15)18/h4-7,9-12,17H,2-3,8,13-14H2,1H3. The van der Waals surface area contributed by atoms with Crippen LogP contribution in [0.25, 0.3) is 10.9 Å². The monoisotopic (exact) mass is 350 g/mol. The van der Waals surface area contributed by atoms with E-state index in [9.17, 15) is 4.79 Å². The number of aryl methyl sites for hydroxylation is 1. The molecule has 1 amide bonds. The predicted octanol–water partition coefficient (Wildman–Crippen LogP) is 3.10. The molecule has 1 unspecified atom stereocenters. The summed E-state index contributed by atoms with van der Waals surface area (Å²) in [6.45, 7) is 0.774. The SMILES string of the molecule is Cn1nccc1C1CCCCN1C(=O)COc1cccc2cccnc12. The van der Waals surface area contributed by atoms with Crippen LogP contribution in [-0.2, 0) is 11.8 Å². The van der Waals surface area contributed by atoms with Gasteiger partial charge < -0.3 is 9.64 Å². The lowest BCUT2D eigenvalue weighted by atomic mass is 9.99. The highest BCUT2D eigenvalue weighted by Gasteiger charge is 2.30. The molecule has 0 spiro atoms. The zero-order valence-corrected chi connectivity index (χ0v) is 14.8. The van der Waals surface area contributed by atoms with Crippen LogP contribution in [0, 0.1) is 0 Å². The summed E-state index contributed by atoms with van der Waals surface area (Å²) >= 11 is 0. The highest BCUT2D eigenvalue weighted by atomic mass is 16.5. The van der Waals surface area contributed by atoms with Gasteiger partial charge in [-0.15, -0.1) is 0 Å². The number of piperidine rings is 1. The van der Waals surface area contributed by atoms with Crippen molar-refractivity contribution in [2.75, 3.05) is 13.2 Å². The molecular weight excluding hydrogens is 328 g/mol. The number of hydrogen-bond donors (Lipinski definition) is 0. The van der Waals surface area contributed by atoms with Crippen molar-refractivity contribution in [3.8, 4) is 5.75 Å². The number of hydrogen-bond acceptors (Lipinski definition) is 4. The van der Waals surface area contributed by atoms with Gasteiger partial charge in [0.2, 0.25) is 0 Å². The number of amides is 1. The van der Waals surface area contributed by atoms with E-state index in [1.54, 1.807) is 12.4 Å². The summed E-state index contributed by atoms with van der Waals surface area (Å²) in [5.41, 5.74) is 1.86. The van der Waals surface area contributed by atoms with Crippen LogP contribution in [0.1, 0.15) is 31.0 Å². The van der Waals surface area contributed by atoms with Crippen LogP contribution in [0.4, 0.5) is 0 Å². The van der Waals surface area contributed by atoms with Crippen molar-refractivity contribution < 1.29 is 9.53 Å². The number of nitrogens with zero attached hydrogens (tertiary/aromatic N) is 4. The van der Waals surface area contributed by atoms with Gasteiger partial charge in [0.15, 0.2) is 6.61 Å². The Balaban J connectivity index is 1.50. The van der Waals surface area contributed by atoms with Crippen LogP contribution < -0.4 is 4.74 Å². The van der Waals surface area contributed by atoms with E-state index in [-0.39, 0.29) is 18.6 Å². The smallest absolute Gasteiger partial charge is 0.261 e. The number of ether oxygens (including phenoxy) is 1. The second kappa shape index (κ2) is 7.15. The average molecular weight is 350 g/mol. The maximum absolute atomic E-state index is 12.9. The molecule has 3 aromatic rings.